The van der Waals surface area contributed by atoms with Crippen molar-refractivity contribution in [1.29, 1.82) is 5.26 Å². The number of hydrogen-bond donors (Lipinski definition) is 0. The van der Waals surface area contributed by atoms with E-state index in [9.17, 15) is 9.65 Å². The van der Waals surface area contributed by atoms with Crippen LogP contribution in [-0.2, 0) is 11.0 Å². The minimum absolute atomic E-state index is 0.0882. The monoisotopic (exact) mass is 321 g/mol. The molecular weight excluding hydrogens is 299 g/mol. The zero-order valence-corrected chi connectivity index (χ0v) is 14.4. The van der Waals surface area contributed by atoms with Crippen molar-refractivity contribution in [1.82, 2.24) is 0 Å². The van der Waals surface area contributed by atoms with Crippen molar-refractivity contribution >= 4 is 0 Å². The molecule has 0 saturated carbocycles. The second kappa shape index (κ2) is 5.56. The lowest BCUT2D eigenvalue weighted by Gasteiger charge is -2.46. The van der Waals surface area contributed by atoms with E-state index in [0.717, 1.165) is 29.7 Å². The van der Waals surface area contributed by atoms with Crippen LogP contribution in [0.1, 0.15) is 44.7 Å². The molecule has 0 aliphatic carbocycles. The largest absolute Gasteiger partial charge is 0.213 e. The van der Waals surface area contributed by atoms with Gasteiger partial charge in [-0.15, -0.1) is 0 Å². The first-order chi connectivity index (χ1) is 11.5. The molecule has 0 N–H and O–H groups in total. The molecule has 0 amide bonds. The fourth-order valence-electron chi connectivity index (χ4n) is 4.36. The molecule has 2 nitrogen and oxygen atoms in total. The van der Waals surface area contributed by atoms with Crippen LogP contribution in [0.3, 0.4) is 0 Å². The molecule has 24 heavy (non-hydrogen) atoms. The Hall–Kier alpha value is -2.47. The highest BCUT2D eigenvalue weighted by Crippen LogP contribution is 2.50. The summed E-state index contributed by atoms with van der Waals surface area (Å²) in [6.07, 6.45) is 5.75. The standard InChI is InChI=1S/C21H22FN2/c1-5-20(4)17-13-18(22)15(14-23)12-16(17)19-10-8-9-11-24(19)21(20,6-2)7-3/h6,8-13H,2,5,7H2,1,3-4H3/q+1. The van der Waals surface area contributed by atoms with Crippen LogP contribution in [0, 0.1) is 17.1 Å². The molecule has 2 unspecified atom stereocenters. The SMILES string of the molecule is C=CC1(CC)[n+]2ccccc2-c2cc(C#N)c(F)cc2C1(C)CC. The summed E-state index contributed by atoms with van der Waals surface area (Å²) in [7, 11) is 0. The van der Waals surface area contributed by atoms with E-state index >= 15 is 0 Å². The topological polar surface area (TPSA) is 27.7 Å². The van der Waals surface area contributed by atoms with Gasteiger partial charge in [-0.25, -0.2) is 4.39 Å². The predicted octanol–water partition coefficient (Wildman–Crippen LogP) is 4.62. The molecule has 2 heterocycles. The van der Waals surface area contributed by atoms with Crippen molar-refractivity contribution in [3.05, 3.63) is 66.1 Å². The van der Waals surface area contributed by atoms with Crippen LogP contribution < -0.4 is 4.57 Å². The first-order valence-corrected chi connectivity index (χ1v) is 8.38. The lowest BCUT2D eigenvalue weighted by atomic mass is 9.60. The Bertz CT molecular complexity index is 865. The molecule has 0 bridgehead atoms. The minimum atomic E-state index is -0.450. The number of halogens is 1. The van der Waals surface area contributed by atoms with Crippen LogP contribution in [0.4, 0.5) is 4.39 Å². The fraction of sp³-hybridized carbons (Fsp3) is 0.333. The molecule has 2 aromatic rings. The lowest BCUT2D eigenvalue weighted by molar-refractivity contribution is -0.756. The van der Waals surface area contributed by atoms with Gasteiger partial charge in [-0.05, 0) is 43.2 Å². The molecule has 1 aliphatic heterocycles. The van der Waals surface area contributed by atoms with Crippen LogP contribution in [0.2, 0.25) is 0 Å². The highest BCUT2D eigenvalue weighted by atomic mass is 19.1. The molecule has 1 aliphatic rings. The van der Waals surface area contributed by atoms with Gasteiger partial charge in [0.1, 0.15) is 11.9 Å². The first-order valence-electron chi connectivity index (χ1n) is 8.38. The molecule has 0 saturated heterocycles. The van der Waals surface area contributed by atoms with Gasteiger partial charge in [0.05, 0.1) is 16.5 Å². The minimum Gasteiger partial charge on any atom is -0.206 e. The average Bonchev–Trinajstić information content (AvgIpc) is 2.62. The molecule has 0 radical (unpaired) electrons. The summed E-state index contributed by atoms with van der Waals surface area (Å²) >= 11 is 0. The molecule has 0 spiro atoms. The third kappa shape index (κ3) is 1.83. The molecular formula is C21H22FN2+. The Labute approximate surface area is 142 Å². The van der Waals surface area contributed by atoms with Gasteiger partial charge in [0, 0.05) is 18.6 Å². The summed E-state index contributed by atoms with van der Waals surface area (Å²) in [6.45, 7) is 10.6. The first kappa shape index (κ1) is 16.4. The summed E-state index contributed by atoms with van der Waals surface area (Å²) in [5, 5.41) is 9.24. The van der Waals surface area contributed by atoms with Gasteiger partial charge in [-0.3, -0.25) is 0 Å². The molecule has 3 rings (SSSR count). The third-order valence-electron chi connectivity index (χ3n) is 5.93. The van der Waals surface area contributed by atoms with E-state index in [2.05, 4.69) is 38.1 Å². The van der Waals surface area contributed by atoms with E-state index in [-0.39, 0.29) is 16.5 Å². The Balaban J connectivity index is 2.50. The zero-order valence-electron chi connectivity index (χ0n) is 14.4. The molecule has 122 valence electrons. The Kier molecular flexibility index (Phi) is 3.80. The maximum absolute atomic E-state index is 14.4. The summed E-state index contributed by atoms with van der Waals surface area (Å²) in [5.74, 6) is -0.450. The number of pyridine rings is 1. The molecule has 1 aromatic carbocycles. The molecule has 3 heteroatoms. The Morgan fingerprint density at radius 2 is 2.04 bits per heavy atom. The lowest BCUT2D eigenvalue weighted by Crippen LogP contribution is -2.68. The van der Waals surface area contributed by atoms with Crippen molar-refractivity contribution in [2.75, 3.05) is 0 Å². The van der Waals surface area contributed by atoms with Crippen molar-refractivity contribution in [3.63, 3.8) is 0 Å². The van der Waals surface area contributed by atoms with Crippen molar-refractivity contribution < 1.29 is 8.96 Å². The van der Waals surface area contributed by atoms with Gasteiger partial charge in [0.15, 0.2) is 11.7 Å². The molecule has 0 fully saturated rings. The Morgan fingerprint density at radius 1 is 1.29 bits per heavy atom. The molecule has 2 atom stereocenters. The van der Waals surface area contributed by atoms with E-state index in [1.54, 1.807) is 12.1 Å². The molecule has 1 aromatic heterocycles. The number of fused-ring (bicyclic) bond motifs is 3. The number of benzene rings is 1. The predicted molar refractivity (Wildman–Crippen MR) is 92.9 cm³/mol. The van der Waals surface area contributed by atoms with E-state index in [4.69, 9.17) is 0 Å². The van der Waals surface area contributed by atoms with Gasteiger partial charge in [-0.2, -0.15) is 9.83 Å². The van der Waals surface area contributed by atoms with Gasteiger partial charge in [0.2, 0.25) is 5.69 Å². The van der Waals surface area contributed by atoms with E-state index < -0.39 is 5.82 Å². The van der Waals surface area contributed by atoms with Crippen LogP contribution in [0.25, 0.3) is 11.3 Å². The van der Waals surface area contributed by atoms with Crippen LogP contribution >= 0.6 is 0 Å². The quantitative estimate of drug-likeness (QED) is 0.598. The average molecular weight is 321 g/mol. The van der Waals surface area contributed by atoms with Gasteiger partial charge in [-0.1, -0.05) is 20.4 Å². The summed E-state index contributed by atoms with van der Waals surface area (Å²) in [4.78, 5) is 0. The normalized spacial score (nSPS) is 24.6. The summed E-state index contributed by atoms with van der Waals surface area (Å²) in [5.41, 5.74) is 2.32. The number of nitrogens with zero attached hydrogens (tertiary/aromatic N) is 2. The van der Waals surface area contributed by atoms with Gasteiger partial charge >= 0.3 is 0 Å². The second-order valence-electron chi connectivity index (χ2n) is 6.61. The summed E-state index contributed by atoms with van der Waals surface area (Å²) < 4.78 is 16.7. The maximum Gasteiger partial charge on any atom is 0.213 e. The Morgan fingerprint density at radius 3 is 2.62 bits per heavy atom. The van der Waals surface area contributed by atoms with Crippen LogP contribution in [0.15, 0.2) is 49.2 Å². The van der Waals surface area contributed by atoms with Gasteiger partial charge < -0.3 is 0 Å². The number of hydrogen-bond acceptors (Lipinski definition) is 1. The highest BCUT2D eigenvalue weighted by Gasteiger charge is 2.57. The number of allylic oxidation sites excluding steroid dienone is 1. The van der Waals surface area contributed by atoms with Crippen molar-refractivity contribution in [2.45, 2.75) is 44.6 Å². The second-order valence-corrected chi connectivity index (χ2v) is 6.61. The fourth-order valence-corrected chi connectivity index (χ4v) is 4.36. The van der Waals surface area contributed by atoms with Crippen molar-refractivity contribution in [3.8, 4) is 17.3 Å². The number of nitriles is 1. The van der Waals surface area contributed by atoms with Crippen LogP contribution in [-0.4, -0.2) is 0 Å². The third-order valence-corrected chi connectivity index (χ3v) is 5.93. The van der Waals surface area contributed by atoms with Crippen LogP contribution in [0.5, 0.6) is 0 Å². The van der Waals surface area contributed by atoms with Gasteiger partial charge in [0.25, 0.3) is 0 Å². The number of rotatable bonds is 3. The van der Waals surface area contributed by atoms with E-state index in [0.29, 0.717) is 0 Å². The van der Waals surface area contributed by atoms with E-state index in [1.165, 1.54) is 0 Å². The number of aromatic nitrogens is 1. The smallest absolute Gasteiger partial charge is 0.206 e. The van der Waals surface area contributed by atoms with Crippen molar-refractivity contribution in [2.24, 2.45) is 0 Å². The highest BCUT2D eigenvalue weighted by molar-refractivity contribution is 5.68. The van der Waals surface area contributed by atoms with E-state index in [1.807, 2.05) is 30.3 Å². The zero-order chi connectivity index (χ0) is 17.5. The maximum atomic E-state index is 14.4. The summed E-state index contributed by atoms with van der Waals surface area (Å²) in [6, 6.07) is 11.2.